The third-order valence-electron chi connectivity index (χ3n) is 3.79. The minimum atomic E-state index is -3.49. The van der Waals surface area contributed by atoms with E-state index in [1.54, 1.807) is 54.6 Å². The van der Waals surface area contributed by atoms with Crippen molar-refractivity contribution in [1.82, 2.24) is 0 Å². The van der Waals surface area contributed by atoms with Gasteiger partial charge in [0.25, 0.3) is 0 Å². The summed E-state index contributed by atoms with van der Waals surface area (Å²) in [7, 11) is -3.49. The number of sulfone groups is 1. The lowest BCUT2D eigenvalue weighted by Crippen LogP contribution is -2.10. The van der Waals surface area contributed by atoms with Gasteiger partial charge >= 0.3 is 0 Å². The molecule has 0 N–H and O–H groups in total. The van der Waals surface area contributed by atoms with Crippen LogP contribution in [0.3, 0.4) is 0 Å². The summed E-state index contributed by atoms with van der Waals surface area (Å²) in [6.45, 7) is 0. The Morgan fingerprint density at radius 3 is 2.19 bits per heavy atom. The zero-order valence-corrected chi connectivity index (χ0v) is 12.6. The fourth-order valence-electron chi connectivity index (χ4n) is 2.67. The Labute approximate surface area is 128 Å². The van der Waals surface area contributed by atoms with E-state index in [2.05, 4.69) is 6.07 Å². The number of hydrogen-bond acceptors (Lipinski definition) is 3. The van der Waals surface area contributed by atoms with Gasteiger partial charge in [0.2, 0.25) is 0 Å². The number of rotatable bonds is 3. The minimum absolute atomic E-state index is 0.270. The van der Waals surface area contributed by atoms with Gasteiger partial charge in [0.15, 0.2) is 9.84 Å². The lowest BCUT2D eigenvalue weighted by atomic mass is 10.1. The number of nitriles is 1. The molecule has 0 heterocycles. The third kappa shape index (κ3) is 2.44. The van der Waals surface area contributed by atoms with Gasteiger partial charge in [-0.05, 0) is 29.8 Å². The molecule has 3 atom stereocenters. The van der Waals surface area contributed by atoms with Crippen molar-refractivity contribution in [2.24, 2.45) is 5.92 Å². The van der Waals surface area contributed by atoms with Gasteiger partial charge in [-0.3, -0.25) is 0 Å². The molecule has 3 nitrogen and oxygen atoms in total. The number of hydrogen-bond donors (Lipinski definition) is 0. The van der Waals surface area contributed by atoms with Crippen molar-refractivity contribution in [3.63, 3.8) is 0 Å². The van der Waals surface area contributed by atoms with Crippen LogP contribution < -0.4 is 0 Å². The standard InChI is InChI=1S/C16H12ClNO2S/c17-12-8-6-11(7-9-12)15-14(10-18)16(15)21(19,20)13-4-2-1-3-5-13/h1-9,14-16H. The molecular formula is C16H12ClNO2S. The van der Waals surface area contributed by atoms with Crippen LogP contribution in [0, 0.1) is 17.2 Å². The number of nitrogens with zero attached hydrogens (tertiary/aromatic N) is 1. The van der Waals surface area contributed by atoms with Gasteiger partial charge in [-0.25, -0.2) is 8.42 Å². The summed E-state index contributed by atoms with van der Waals surface area (Å²) in [6, 6.07) is 17.4. The number of benzene rings is 2. The maximum absolute atomic E-state index is 12.6. The quantitative estimate of drug-likeness (QED) is 0.871. The van der Waals surface area contributed by atoms with E-state index in [4.69, 9.17) is 11.6 Å². The van der Waals surface area contributed by atoms with Crippen molar-refractivity contribution >= 4 is 21.4 Å². The van der Waals surface area contributed by atoms with Crippen LogP contribution in [0.25, 0.3) is 0 Å². The van der Waals surface area contributed by atoms with Crippen molar-refractivity contribution in [2.45, 2.75) is 16.1 Å². The Kier molecular flexibility index (Phi) is 3.48. The summed E-state index contributed by atoms with van der Waals surface area (Å²) in [5, 5.41) is 9.15. The van der Waals surface area contributed by atoms with Crippen LogP contribution in [0.5, 0.6) is 0 Å². The van der Waals surface area contributed by atoms with E-state index >= 15 is 0 Å². The van der Waals surface area contributed by atoms with E-state index in [0.717, 1.165) is 5.56 Å². The van der Waals surface area contributed by atoms with Gasteiger partial charge in [0, 0.05) is 10.9 Å². The molecule has 21 heavy (non-hydrogen) atoms. The monoisotopic (exact) mass is 317 g/mol. The molecule has 1 saturated carbocycles. The van der Waals surface area contributed by atoms with Crippen LogP contribution in [0.2, 0.25) is 5.02 Å². The molecule has 0 aliphatic heterocycles. The molecule has 2 aromatic carbocycles. The zero-order valence-electron chi connectivity index (χ0n) is 11.0. The highest BCUT2D eigenvalue weighted by molar-refractivity contribution is 7.92. The smallest absolute Gasteiger partial charge is 0.183 e. The largest absolute Gasteiger partial charge is 0.223 e. The van der Waals surface area contributed by atoms with E-state index in [1.807, 2.05) is 0 Å². The van der Waals surface area contributed by atoms with E-state index in [9.17, 15) is 13.7 Å². The SMILES string of the molecule is N#CC1C(c2ccc(Cl)cc2)C1S(=O)(=O)c1ccccc1. The zero-order chi connectivity index (χ0) is 15.0. The van der Waals surface area contributed by atoms with Gasteiger partial charge < -0.3 is 0 Å². The van der Waals surface area contributed by atoms with Crippen LogP contribution in [0.4, 0.5) is 0 Å². The topological polar surface area (TPSA) is 57.9 Å². The van der Waals surface area contributed by atoms with Crippen LogP contribution in [0.1, 0.15) is 11.5 Å². The summed E-state index contributed by atoms with van der Waals surface area (Å²) >= 11 is 5.85. The first-order valence-corrected chi connectivity index (χ1v) is 8.42. The second-order valence-corrected chi connectivity index (χ2v) is 7.60. The normalized spacial score (nSPS) is 24.3. The first-order chi connectivity index (χ1) is 10.1. The Balaban J connectivity index is 1.96. The van der Waals surface area contributed by atoms with E-state index in [1.165, 1.54) is 0 Å². The second-order valence-electron chi connectivity index (χ2n) is 5.05. The third-order valence-corrected chi connectivity index (χ3v) is 6.27. The maximum atomic E-state index is 12.6. The maximum Gasteiger partial charge on any atom is 0.183 e. The number of halogens is 1. The van der Waals surface area contributed by atoms with Crippen molar-refractivity contribution in [1.29, 1.82) is 5.26 Å². The molecule has 0 aromatic heterocycles. The Hall–Kier alpha value is -1.83. The molecule has 1 aliphatic carbocycles. The Morgan fingerprint density at radius 1 is 1.00 bits per heavy atom. The summed E-state index contributed by atoms with van der Waals surface area (Å²) in [4.78, 5) is 0.270. The molecule has 0 saturated heterocycles. The lowest BCUT2D eigenvalue weighted by Gasteiger charge is -2.03. The van der Waals surface area contributed by atoms with Crippen LogP contribution in [-0.4, -0.2) is 13.7 Å². The Morgan fingerprint density at radius 2 is 1.62 bits per heavy atom. The predicted molar refractivity (Wildman–Crippen MR) is 80.7 cm³/mol. The first-order valence-electron chi connectivity index (χ1n) is 6.50. The summed E-state index contributed by atoms with van der Waals surface area (Å²) < 4.78 is 25.3. The van der Waals surface area contributed by atoms with Gasteiger partial charge in [0.05, 0.1) is 22.1 Å². The van der Waals surface area contributed by atoms with Crippen molar-refractivity contribution in [2.75, 3.05) is 0 Å². The van der Waals surface area contributed by atoms with Crippen LogP contribution >= 0.6 is 11.6 Å². The minimum Gasteiger partial charge on any atom is -0.223 e. The van der Waals surface area contributed by atoms with Gasteiger partial charge in [-0.2, -0.15) is 5.26 Å². The van der Waals surface area contributed by atoms with E-state index in [0.29, 0.717) is 5.02 Å². The molecule has 0 amide bonds. The van der Waals surface area contributed by atoms with Crippen LogP contribution in [0.15, 0.2) is 59.5 Å². The molecule has 1 fully saturated rings. The summed E-state index contributed by atoms with van der Waals surface area (Å²) in [5.41, 5.74) is 0.843. The highest BCUT2D eigenvalue weighted by Crippen LogP contribution is 2.53. The van der Waals surface area contributed by atoms with E-state index < -0.39 is 21.0 Å². The molecule has 3 unspecified atom stereocenters. The molecule has 0 bridgehead atoms. The molecule has 5 heteroatoms. The molecule has 2 aromatic rings. The highest BCUT2D eigenvalue weighted by atomic mass is 35.5. The van der Waals surface area contributed by atoms with E-state index in [-0.39, 0.29) is 10.8 Å². The fraction of sp³-hybridized carbons (Fsp3) is 0.188. The average Bonchev–Trinajstić information content (AvgIpc) is 3.24. The van der Waals surface area contributed by atoms with Gasteiger partial charge in [-0.15, -0.1) is 0 Å². The molecule has 1 aliphatic rings. The molecule has 3 rings (SSSR count). The average molecular weight is 318 g/mol. The molecule has 106 valence electrons. The lowest BCUT2D eigenvalue weighted by molar-refractivity contribution is 0.593. The molecule has 0 spiro atoms. The predicted octanol–water partition coefficient (Wildman–Crippen LogP) is 3.42. The fourth-order valence-corrected chi connectivity index (χ4v) is 4.89. The highest BCUT2D eigenvalue weighted by Gasteiger charge is 2.59. The van der Waals surface area contributed by atoms with Crippen molar-refractivity contribution in [3.8, 4) is 6.07 Å². The summed E-state index contributed by atoms with van der Waals surface area (Å²) in [5.74, 6) is -0.783. The van der Waals surface area contributed by atoms with Crippen molar-refractivity contribution in [3.05, 3.63) is 65.2 Å². The first kappa shape index (κ1) is 14.1. The van der Waals surface area contributed by atoms with Gasteiger partial charge in [0.1, 0.15) is 0 Å². The van der Waals surface area contributed by atoms with Crippen LogP contribution in [-0.2, 0) is 9.84 Å². The second kappa shape index (κ2) is 5.18. The van der Waals surface area contributed by atoms with Gasteiger partial charge in [-0.1, -0.05) is 41.9 Å². The Bertz CT molecular complexity index is 794. The van der Waals surface area contributed by atoms with Crippen molar-refractivity contribution < 1.29 is 8.42 Å². The summed E-state index contributed by atoms with van der Waals surface area (Å²) in [6.07, 6.45) is 0. The molecule has 0 radical (unpaired) electrons. The molecular weight excluding hydrogens is 306 g/mol.